The number of alkyl halides is 1. The number of nitrogens with zero attached hydrogens (tertiary/aromatic N) is 2. The van der Waals surface area contributed by atoms with E-state index in [0.29, 0.717) is 57.2 Å². The van der Waals surface area contributed by atoms with Crippen LogP contribution in [0.15, 0.2) is 24.3 Å². The van der Waals surface area contributed by atoms with Crippen molar-refractivity contribution in [2.45, 2.75) is 96.1 Å². The van der Waals surface area contributed by atoms with E-state index in [1.165, 1.54) is 19.3 Å². The number of halogens is 1. The van der Waals surface area contributed by atoms with Crippen molar-refractivity contribution >= 4 is 28.6 Å². The zero-order valence-electron chi connectivity index (χ0n) is 27.2. The normalized spacial score (nSPS) is 25.0. The van der Waals surface area contributed by atoms with Crippen LogP contribution in [0.1, 0.15) is 93.6 Å². The number of hydrogen-bond acceptors (Lipinski definition) is 6. The number of hydrogen-bond donors (Lipinski definition) is 1. The van der Waals surface area contributed by atoms with Gasteiger partial charge >= 0.3 is 5.97 Å². The number of esters is 1. The van der Waals surface area contributed by atoms with E-state index in [2.05, 4.69) is 0 Å². The lowest BCUT2D eigenvalue weighted by Crippen LogP contribution is -2.48. The Balaban J connectivity index is 1.30. The number of carbonyl (C=O) groups is 3. The summed E-state index contributed by atoms with van der Waals surface area (Å²) >= 11 is 0. The largest absolute Gasteiger partial charge is 0.461 e. The summed E-state index contributed by atoms with van der Waals surface area (Å²) in [5, 5.41) is 0.885. The Morgan fingerprint density at radius 3 is 2.47 bits per heavy atom. The molecular formula is C36H52FN3O5. The van der Waals surface area contributed by atoms with Gasteiger partial charge in [-0.15, -0.1) is 0 Å². The lowest BCUT2D eigenvalue weighted by Gasteiger charge is -2.37. The number of carbonyl (C=O) groups excluding carboxylic acids is 3. The van der Waals surface area contributed by atoms with Gasteiger partial charge < -0.3 is 24.7 Å². The minimum Gasteiger partial charge on any atom is -0.461 e. The average molecular weight is 626 g/mol. The molecule has 3 fully saturated rings. The van der Waals surface area contributed by atoms with E-state index in [-0.39, 0.29) is 41.8 Å². The molecule has 1 amide bonds. The SMILES string of the molecule is CCOCCCOC(=O)c1cc2cc(CC(=O)[C@@H]3[C@H](C4CCCCC4)CCN3C(=O)C3CCC([C@H](N)CF)CC3)ccc2n1C. The molecule has 0 bridgehead atoms. The summed E-state index contributed by atoms with van der Waals surface area (Å²) in [5.74, 6) is 0.506. The van der Waals surface area contributed by atoms with Gasteiger partial charge in [-0.1, -0.05) is 38.2 Å². The number of benzene rings is 1. The van der Waals surface area contributed by atoms with Crippen molar-refractivity contribution in [2.24, 2.45) is 36.5 Å². The zero-order valence-corrected chi connectivity index (χ0v) is 27.2. The van der Waals surface area contributed by atoms with Crippen LogP contribution in [0.4, 0.5) is 4.39 Å². The summed E-state index contributed by atoms with van der Waals surface area (Å²) in [6.07, 6.45) is 10.6. The Bertz CT molecular complexity index is 1310. The minimum absolute atomic E-state index is 0.0989. The number of fused-ring (bicyclic) bond motifs is 1. The molecule has 1 aromatic heterocycles. The number of Topliss-reactive ketones (excluding diaryl/α,β-unsaturated/α-hetero) is 1. The molecule has 2 aromatic rings. The van der Waals surface area contributed by atoms with Gasteiger partial charge in [0.15, 0.2) is 5.78 Å². The number of amides is 1. The molecule has 8 nitrogen and oxygen atoms in total. The van der Waals surface area contributed by atoms with E-state index in [1.807, 2.05) is 47.7 Å². The van der Waals surface area contributed by atoms with Crippen molar-refractivity contribution < 1.29 is 28.2 Å². The van der Waals surface area contributed by atoms with Gasteiger partial charge in [0.25, 0.3) is 0 Å². The number of aryl methyl sites for hydroxylation is 1. The highest BCUT2D eigenvalue weighted by Gasteiger charge is 2.46. The molecule has 5 rings (SSSR count). The lowest BCUT2D eigenvalue weighted by molar-refractivity contribution is -0.143. The molecule has 2 N–H and O–H groups in total. The van der Waals surface area contributed by atoms with E-state index < -0.39 is 18.8 Å². The zero-order chi connectivity index (χ0) is 31.9. The third kappa shape index (κ3) is 7.79. The van der Waals surface area contributed by atoms with Crippen molar-refractivity contribution in [3.63, 3.8) is 0 Å². The smallest absolute Gasteiger partial charge is 0.354 e. The summed E-state index contributed by atoms with van der Waals surface area (Å²) in [6, 6.07) is 6.89. The summed E-state index contributed by atoms with van der Waals surface area (Å²) in [4.78, 5) is 42.9. The van der Waals surface area contributed by atoms with Gasteiger partial charge in [-0.3, -0.25) is 9.59 Å². The number of rotatable bonds is 13. The van der Waals surface area contributed by atoms with Gasteiger partial charge in [0, 0.05) is 62.5 Å². The molecule has 0 radical (unpaired) electrons. The average Bonchev–Trinajstić information content (AvgIpc) is 3.66. The minimum atomic E-state index is -0.524. The van der Waals surface area contributed by atoms with Crippen LogP contribution < -0.4 is 5.73 Å². The molecular weight excluding hydrogens is 573 g/mol. The topological polar surface area (TPSA) is 104 Å². The van der Waals surface area contributed by atoms with Crippen molar-refractivity contribution in [1.29, 1.82) is 0 Å². The molecule has 0 unspecified atom stereocenters. The fraction of sp³-hybridized carbons (Fsp3) is 0.694. The maximum absolute atomic E-state index is 14.2. The van der Waals surface area contributed by atoms with Crippen LogP contribution in [0.5, 0.6) is 0 Å². The van der Waals surface area contributed by atoms with E-state index in [4.69, 9.17) is 15.2 Å². The molecule has 1 saturated heterocycles. The van der Waals surface area contributed by atoms with Crippen molar-refractivity contribution in [1.82, 2.24) is 9.47 Å². The molecule has 3 atom stereocenters. The Morgan fingerprint density at radius 1 is 1.00 bits per heavy atom. The molecule has 9 heteroatoms. The van der Waals surface area contributed by atoms with Crippen molar-refractivity contribution in [3.8, 4) is 0 Å². The van der Waals surface area contributed by atoms with Crippen LogP contribution in [0.2, 0.25) is 0 Å². The summed E-state index contributed by atoms with van der Waals surface area (Å²) < 4.78 is 25.8. The van der Waals surface area contributed by atoms with Crippen LogP contribution >= 0.6 is 0 Å². The second-order valence-electron chi connectivity index (χ2n) is 13.6. The van der Waals surface area contributed by atoms with E-state index in [9.17, 15) is 18.8 Å². The van der Waals surface area contributed by atoms with E-state index in [1.54, 1.807) is 0 Å². The second kappa shape index (κ2) is 15.7. The van der Waals surface area contributed by atoms with E-state index >= 15 is 0 Å². The first-order valence-electron chi connectivity index (χ1n) is 17.3. The van der Waals surface area contributed by atoms with Gasteiger partial charge in [0.1, 0.15) is 12.4 Å². The van der Waals surface area contributed by atoms with Crippen molar-refractivity contribution in [2.75, 3.05) is 33.0 Å². The first kappa shape index (κ1) is 33.6. The third-order valence-corrected chi connectivity index (χ3v) is 10.8. The Kier molecular flexibility index (Phi) is 11.7. The summed E-state index contributed by atoms with van der Waals surface area (Å²) in [5.41, 5.74) is 8.23. The highest BCUT2D eigenvalue weighted by Crippen LogP contribution is 2.41. The second-order valence-corrected chi connectivity index (χ2v) is 13.6. The Labute approximate surface area is 267 Å². The van der Waals surface area contributed by atoms with Crippen LogP contribution in [0.3, 0.4) is 0 Å². The van der Waals surface area contributed by atoms with Gasteiger partial charge in [0.05, 0.1) is 12.6 Å². The number of ether oxygens (including phenoxy) is 2. The van der Waals surface area contributed by atoms with Crippen LogP contribution in [-0.2, 0) is 32.5 Å². The molecule has 1 aliphatic heterocycles. The molecule has 45 heavy (non-hydrogen) atoms. The number of nitrogens with two attached hydrogens (primary N) is 1. The van der Waals surface area contributed by atoms with Gasteiger partial charge in [0.2, 0.25) is 5.91 Å². The number of likely N-dealkylation sites (tertiary alicyclic amines) is 1. The predicted molar refractivity (Wildman–Crippen MR) is 173 cm³/mol. The molecule has 0 spiro atoms. The summed E-state index contributed by atoms with van der Waals surface area (Å²) in [6.45, 7) is 3.53. The highest BCUT2D eigenvalue weighted by molar-refractivity contribution is 5.97. The molecule has 2 aliphatic carbocycles. The Hall–Kier alpha value is -2.78. The van der Waals surface area contributed by atoms with Crippen LogP contribution in [0, 0.1) is 23.7 Å². The lowest BCUT2D eigenvalue weighted by atomic mass is 9.75. The van der Waals surface area contributed by atoms with Gasteiger partial charge in [-0.05, 0) is 80.5 Å². The monoisotopic (exact) mass is 625 g/mol. The fourth-order valence-corrected chi connectivity index (χ4v) is 8.24. The van der Waals surface area contributed by atoms with Crippen LogP contribution in [-0.4, -0.2) is 72.3 Å². The van der Waals surface area contributed by atoms with Crippen molar-refractivity contribution in [3.05, 3.63) is 35.5 Å². The standard InChI is InChI=1S/C36H52FN3O5/c1-3-44-18-7-19-45-36(43)32-22-28-20-24(10-15-31(28)39(32)2)21-33(41)34-29(25-8-5-4-6-9-25)16-17-40(34)35(42)27-13-11-26(12-14-27)30(38)23-37/h10,15,20,22,25-27,29-30,34H,3-9,11-14,16-19,21,23,38H2,1-2H3/t26?,27?,29-,30+,34-/m0/s1. The van der Waals surface area contributed by atoms with Gasteiger partial charge in [-0.2, -0.15) is 0 Å². The summed E-state index contributed by atoms with van der Waals surface area (Å²) in [7, 11) is 1.85. The first-order chi connectivity index (χ1) is 21.8. The first-order valence-corrected chi connectivity index (χ1v) is 17.3. The van der Waals surface area contributed by atoms with Gasteiger partial charge in [-0.25, -0.2) is 9.18 Å². The Morgan fingerprint density at radius 2 is 1.76 bits per heavy atom. The molecule has 2 saturated carbocycles. The number of aromatic nitrogens is 1. The predicted octanol–water partition coefficient (Wildman–Crippen LogP) is 5.77. The highest BCUT2D eigenvalue weighted by atomic mass is 19.1. The fourth-order valence-electron chi connectivity index (χ4n) is 8.24. The molecule has 1 aromatic carbocycles. The maximum Gasteiger partial charge on any atom is 0.354 e. The third-order valence-electron chi connectivity index (χ3n) is 10.8. The molecule has 248 valence electrons. The maximum atomic E-state index is 14.2. The van der Waals surface area contributed by atoms with Crippen LogP contribution in [0.25, 0.3) is 10.9 Å². The quantitative estimate of drug-likeness (QED) is 0.224. The van der Waals surface area contributed by atoms with E-state index in [0.717, 1.165) is 48.6 Å². The molecule has 3 aliphatic rings. The molecule has 2 heterocycles. The number of ketones is 1.